The Morgan fingerprint density at radius 3 is 2.41 bits per heavy atom. The van der Waals surface area contributed by atoms with Crippen molar-refractivity contribution in [1.29, 1.82) is 0 Å². The van der Waals surface area contributed by atoms with Crippen molar-refractivity contribution in [2.75, 3.05) is 53.1 Å². The normalized spacial score (nSPS) is 18.3. The lowest BCUT2D eigenvalue weighted by Crippen LogP contribution is -2.40. The Kier molecular flexibility index (Phi) is 8.66. The molecule has 1 aromatic carbocycles. The number of benzene rings is 1. The molecule has 0 unspecified atom stereocenters. The van der Waals surface area contributed by atoms with E-state index in [4.69, 9.17) is 14.2 Å². The molecule has 10 heteroatoms. The van der Waals surface area contributed by atoms with Crippen LogP contribution in [0.15, 0.2) is 29.2 Å². The molecule has 0 saturated carbocycles. The monoisotopic (exact) mass is 466 g/mol. The van der Waals surface area contributed by atoms with Crippen LogP contribution in [0.2, 0.25) is 0 Å². The standard InChI is InChI=1S/C22H30N2O7S/c1-29-19-8-6-18(16-20(19)32(27,28)24-12-14-30-15-13-24)7-9-22(26)31-17-21(25)23-10-4-2-3-5-11-23/h6-9,16H,2-5,10-15,17H2,1H3. The molecule has 2 aliphatic rings. The van der Waals surface area contributed by atoms with E-state index in [2.05, 4.69) is 0 Å². The van der Waals surface area contributed by atoms with Crippen LogP contribution in [0.5, 0.6) is 5.75 Å². The molecule has 32 heavy (non-hydrogen) atoms. The SMILES string of the molecule is COc1ccc(C=CC(=O)OCC(=O)N2CCCCCC2)cc1S(=O)(=O)N1CCOCC1. The fourth-order valence-electron chi connectivity index (χ4n) is 3.68. The van der Waals surface area contributed by atoms with Gasteiger partial charge < -0.3 is 19.1 Å². The molecule has 1 aromatic rings. The molecule has 0 bridgehead atoms. The maximum Gasteiger partial charge on any atom is 0.331 e. The van der Waals surface area contributed by atoms with Crippen LogP contribution in [0.3, 0.4) is 0 Å². The molecule has 2 saturated heterocycles. The number of nitrogens with zero attached hydrogens (tertiary/aromatic N) is 2. The third kappa shape index (κ3) is 6.30. The summed E-state index contributed by atoms with van der Waals surface area (Å²) < 4.78 is 43.0. The van der Waals surface area contributed by atoms with E-state index >= 15 is 0 Å². The van der Waals surface area contributed by atoms with E-state index < -0.39 is 16.0 Å². The predicted octanol–water partition coefficient (Wildman–Crippen LogP) is 1.68. The highest BCUT2D eigenvalue weighted by molar-refractivity contribution is 7.89. The second-order valence-electron chi connectivity index (χ2n) is 7.66. The van der Waals surface area contributed by atoms with Crippen molar-refractivity contribution in [3.8, 4) is 5.75 Å². The van der Waals surface area contributed by atoms with Crippen molar-refractivity contribution in [2.24, 2.45) is 0 Å². The number of rotatable bonds is 7. The molecular formula is C22H30N2O7S. The number of carbonyl (C=O) groups excluding carboxylic acids is 2. The summed E-state index contributed by atoms with van der Waals surface area (Å²) >= 11 is 0. The minimum atomic E-state index is -3.77. The maximum atomic E-state index is 13.0. The Hall–Kier alpha value is -2.43. The lowest BCUT2D eigenvalue weighted by molar-refractivity contribution is -0.148. The second-order valence-corrected chi connectivity index (χ2v) is 9.57. The van der Waals surface area contributed by atoms with Gasteiger partial charge in [0.15, 0.2) is 6.61 Å². The van der Waals surface area contributed by atoms with Crippen LogP contribution < -0.4 is 4.74 Å². The van der Waals surface area contributed by atoms with Gasteiger partial charge >= 0.3 is 5.97 Å². The highest BCUT2D eigenvalue weighted by atomic mass is 32.2. The van der Waals surface area contributed by atoms with Crippen molar-refractivity contribution in [1.82, 2.24) is 9.21 Å². The predicted molar refractivity (Wildman–Crippen MR) is 118 cm³/mol. The van der Waals surface area contributed by atoms with E-state index in [9.17, 15) is 18.0 Å². The zero-order valence-electron chi connectivity index (χ0n) is 18.3. The van der Waals surface area contributed by atoms with Gasteiger partial charge in [0, 0.05) is 32.3 Å². The Labute approximate surface area is 189 Å². The molecule has 3 rings (SSSR count). The summed E-state index contributed by atoms with van der Waals surface area (Å²) in [6.45, 7) is 2.29. The van der Waals surface area contributed by atoms with E-state index in [0.29, 0.717) is 31.9 Å². The third-order valence-corrected chi connectivity index (χ3v) is 7.40. The zero-order valence-corrected chi connectivity index (χ0v) is 19.1. The minimum absolute atomic E-state index is 0.0220. The molecule has 9 nitrogen and oxygen atoms in total. The van der Waals surface area contributed by atoms with Gasteiger partial charge in [-0.3, -0.25) is 4.79 Å². The number of sulfonamides is 1. The van der Waals surface area contributed by atoms with Gasteiger partial charge in [0.05, 0.1) is 20.3 Å². The lowest BCUT2D eigenvalue weighted by atomic mass is 10.2. The van der Waals surface area contributed by atoms with Gasteiger partial charge in [0.1, 0.15) is 10.6 Å². The molecule has 2 heterocycles. The number of hydrogen-bond donors (Lipinski definition) is 0. The number of likely N-dealkylation sites (tertiary alicyclic amines) is 1. The highest BCUT2D eigenvalue weighted by Gasteiger charge is 2.29. The zero-order chi connectivity index (χ0) is 23.0. The summed E-state index contributed by atoms with van der Waals surface area (Å²) in [4.78, 5) is 26.1. The molecule has 0 N–H and O–H groups in total. The maximum absolute atomic E-state index is 13.0. The van der Waals surface area contributed by atoms with Gasteiger partial charge in [0.2, 0.25) is 10.0 Å². The first-order chi connectivity index (χ1) is 15.4. The van der Waals surface area contributed by atoms with Crippen molar-refractivity contribution in [3.63, 3.8) is 0 Å². The van der Waals surface area contributed by atoms with Crippen LogP contribution in [0.4, 0.5) is 0 Å². The van der Waals surface area contributed by atoms with Crippen molar-refractivity contribution in [3.05, 3.63) is 29.8 Å². The average molecular weight is 467 g/mol. The van der Waals surface area contributed by atoms with E-state index in [-0.39, 0.29) is 36.2 Å². The number of hydrogen-bond acceptors (Lipinski definition) is 7. The Balaban J connectivity index is 1.64. The highest BCUT2D eigenvalue weighted by Crippen LogP contribution is 2.28. The molecule has 0 aromatic heterocycles. The van der Waals surface area contributed by atoms with Gasteiger partial charge in [-0.05, 0) is 36.6 Å². The first-order valence-electron chi connectivity index (χ1n) is 10.8. The molecule has 0 atom stereocenters. The van der Waals surface area contributed by atoms with E-state index in [1.807, 2.05) is 0 Å². The van der Waals surface area contributed by atoms with Gasteiger partial charge in [-0.1, -0.05) is 18.9 Å². The van der Waals surface area contributed by atoms with E-state index in [0.717, 1.165) is 25.7 Å². The fraction of sp³-hybridized carbons (Fsp3) is 0.545. The number of carbonyl (C=O) groups is 2. The Bertz CT molecular complexity index is 932. The van der Waals surface area contributed by atoms with Crippen LogP contribution >= 0.6 is 0 Å². The van der Waals surface area contributed by atoms with Crippen molar-refractivity contribution in [2.45, 2.75) is 30.6 Å². The molecule has 0 aliphatic carbocycles. The van der Waals surface area contributed by atoms with Gasteiger partial charge in [-0.25, -0.2) is 13.2 Å². The van der Waals surface area contributed by atoms with Crippen LogP contribution in [-0.2, 0) is 29.1 Å². The summed E-state index contributed by atoms with van der Waals surface area (Å²) in [7, 11) is -2.37. The molecule has 2 fully saturated rings. The number of morpholine rings is 1. The van der Waals surface area contributed by atoms with E-state index in [1.165, 1.54) is 29.6 Å². The van der Waals surface area contributed by atoms with E-state index in [1.54, 1.807) is 17.0 Å². The first-order valence-corrected chi connectivity index (χ1v) is 12.2. The third-order valence-electron chi connectivity index (χ3n) is 5.48. The molecule has 0 radical (unpaired) electrons. The second kappa shape index (κ2) is 11.4. The number of amides is 1. The van der Waals surface area contributed by atoms with Crippen LogP contribution in [0.1, 0.15) is 31.2 Å². The average Bonchev–Trinajstić information content (AvgIpc) is 3.11. The summed E-state index contributed by atoms with van der Waals surface area (Å²) in [5.74, 6) is -0.641. The molecular weight excluding hydrogens is 436 g/mol. The van der Waals surface area contributed by atoms with Crippen LogP contribution in [-0.4, -0.2) is 82.6 Å². The van der Waals surface area contributed by atoms with Gasteiger partial charge in [-0.2, -0.15) is 4.31 Å². The number of methoxy groups -OCH3 is 1. The first kappa shape index (κ1) is 24.2. The smallest absolute Gasteiger partial charge is 0.331 e. The summed E-state index contributed by atoms with van der Waals surface area (Å²) in [6.07, 6.45) is 6.79. The fourth-order valence-corrected chi connectivity index (χ4v) is 5.28. The Morgan fingerprint density at radius 1 is 1.06 bits per heavy atom. The quantitative estimate of drug-likeness (QED) is 0.445. The molecule has 0 spiro atoms. The van der Waals surface area contributed by atoms with Gasteiger partial charge in [0.25, 0.3) is 5.91 Å². The minimum Gasteiger partial charge on any atom is -0.495 e. The number of esters is 1. The Morgan fingerprint density at radius 2 is 1.75 bits per heavy atom. The molecule has 2 aliphatic heterocycles. The van der Waals surface area contributed by atoms with Crippen molar-refractivity contribution < 1.29 is 32.2 Å². The molecule has 1 amide bonds. The number of ether oxygens (including phenoxy) is 3. The van der Waals surface area contributed by atoms with Gasteiger partial charge in [-0.15, -0.1) is 0 Å². The summed E-state index contributed by atoms with van der Waals surface area (Å²) in [6, 6.07) is 4.64. The topological polar surface area (TPSA) is 102 Å². The van der Waals surface area contributed by atoms with Crippen molar-refractivity contribution >= 4 is 28.0 Å². The summed E-state index contributed by atoms with van der Waals surface area (Å²) in [5, 5.41) is 0. The summed E-state index contributed by atoms with van der Waals surface area (Å²) in [5.41, 5.74) is 0.494. The largest absolute Gasteiger partial charge is 0.495 e. The lowest BCUT2D eigenvalue weighted by Gasteiger charge is -2.26. The molecule has 176 valence electrons. The van der Waals surface area contributed by atoms with Crippen LogP contribution in [0.25, 0.3) is 6.08 Å². The van der Waals surface area contributed by atoms with Crippen LogP contribution in [0, 0.1) is 0 Å².